The van der Waals surface area contributed by atoms with E-state index >= 15 is 0 Å². The monoisotopic (exact) mass is 339 g/mol. The Balaban J connectivity index is 2.02. The fourth-order valence-corrected chi connectivity index (χ4v) is 3.62. The van der Waals surface area contributed by atoms with E-state index in [1.165, 1.54) is 11.8 Å². The van der Waals surface area contributed by atoms with Gasteiger partial charge >= 0.3 is 11.9 Å². The van der Waals surface area contributed by atoms with Crippen LogP contribution < -0.4 is 0 Å². The molecule has 8 heteroatoms. The summed E-state index contributed by atoms with van der Waals surface area (Å²) in [4.78, 5) is 35.4. The van der Waals surface area contributed by atoms with E-state index < -0.39 is 24.0 Å². The molecule has 23 heavy (non-hydrogen) atoms. The van der Waals surface area contributed by atoms with E-state index in [0.717, 1.165) is 5.56 Å². The van der Waals surface area contributed by atoms with Crippen LogP contribution >= 0.6 is 11.8 Å². The number of hydrogen-bond donors (Lipinski definition) is 3. The van der Waals surface area contributed by atoms with Crippen molar-refractivity contribution in [1.82, 2.24) is 4.90 Å². The number of amides is 1. The molecule has 7 nitrogen and oxygen atoms in total. The van der Waals surface area contributed by atoms with Crippen LogP contribution in [0.25, 0.3) is 0 Å². The van der Waals surface area contributed by atoms with Gasteiger partial charge in [0.15, 0.2) is 0 Å². The number of benzene rings is 1. The van der Waals surface area contributed by atoms with Crippen molar-refractivity contribution >= 4 is 29.6 Å². The zero-order valence-corrected chi connectivity index (χ0v) is 13.0. The normalized spacial score (nSPS) is 18.2. The molecule has 0 bridgehead atoms. The molecule has 1 aliphatic heterocycles. The third kappa shape index (κ3) is 3.65. The Morgan fingerprint density at radius 3 is 2.39 bits per heavy atom. The molecule has 1 heterocycles. The molecule has 0 spiro atoms. The molecule has 1 aromatic rings. The van der Waals surface area contributed by atoms with Crippen molar-refractivity contribution in [2.75, 3.05) is 12.3 Å². The number of hydrogen-bond acceptors (Lipinski definition) is 5. The van der Waals surface area contributed by atoms with Crippen LogP contribution in [0, 0.1) is 0 Å². The zero-order valence-electron chi connectivity index (χ0n) is 12.2. The van der Waals surface area contributed by atoms with Gasteiger partial charge in [0.05, 0.1) is 5.75 Å². The van der Waals surface area contributed by atoms with Crippen LogP contribution in [-0.2, 0) is 14.4 Å². The summed E-state index contributed by atoms with van der Waals surface area (Å²) >= 11 is 1.46. The lowest BCUT2D eigenvalue weighted by Gasteiger charge is -2.25. The highest BCUT2D eigenvalue weighted by atomic mass is 32.2. The van der Waals surface area contributed by atoms with Crippen molar-refractivity contribution in [3.63, 3.8) is 0 Å². The van der Waals surface area contributed by atoms with Gasteiger partial charge < -0.3 is 20.2 Å². The number of aliphatic hydroxyl groups is 1. The zero-order chi connectivity index (χ0) is 17.0. The van der Waals surface area contributed by atoms with Gasteiger partial charge in [0.25, 0.3) is 5.60 Å². The van der Waals surface area contributed by atoms with E-state index in [1.807, 2.05) is 30.3 Å². The van der Waals surface area contributed by atoms with Crippen molar-refractivity contribution in [2.24, 2.45) is 0 Å². The van der Waals surface area contributed by atoms with Crippen LogP contribution in [0.2, 0.25) is 0 Å². The first kappa shape index (κ1) is 17.3. The molecule has 1 unspecified atom stereocenters. The van der Waals surface area contributed by atoms with E-state index in [9.17, 15) is 19.5 Å². The number of rotatable bonds is 7. The number of carbonyl (C=O) groups is 3. The molecule has 124 valence electrons. The van der Waals surface area contributed by atoms with Gasteiger partial charge in [0.1, 0.15) is 5.37 Å². The van der Waals surface area contributed by atoms with Gasteiger partial charge in [-0.25, -0.2) is 9.59 Å². The summed E-state index contributed by atoms with van der Waals surface area (Å²) in [6.07, 6.45) is -0.391. The summed E-state index contributed by atoms with van der Waals surface area (Å²) in [7, 11) is 0. The van der Waals surface area contributed by atoms with E-state index in [1.54, 1.807) is 4.90 Å². The number of carbonyl (C=O) groups excluding carboxylic acids is 1. The maximum absolute atomic E-state index is 12.0. The van der Waals surface area contributed by atoms with Crippen molar-refractivity contribution in [3.05, 3.63) is 35.9 Å². The number of thioether (sulfide) groups is 1. The lowest BCUT2D eigenvalue weighted by atomic mass is 9.98. The molecule has 1 aliphatic rings. The number of carboxylic acid groups (broad SMARTS) is 2. The molecular formula is C15H17NO6S. The Labute approximate surface area is 136 Å². The Hall–Kier alpha value is -2.06. The molecule has 0 aromatic heterocycles. The molecule has 3 N–H and O–H groups in total. The first-order chi connectivity index (χ1) is 10.9. The Morgan fingerprint density at radius 2 is 1.83 bits per heavy atom. The fraction of sp³-hybridized carbons (Fsp3) is 0.400. The first-order valence-electron chi connectivity index (χ1n) is 7.01. The molecule has 1 aromatic carbocycles. The highest BCUT2D eigenvalue weighted by molar-refractivity contribution is 8.00. The van der Waals surface area contributed by atoms with Crippen molar-refractivity contribution in [3.8, 4) is 0 Å². The molecule has 1 saturated heterocycles. The number of nitrogens with zero attached hydrogens (tertiary/aromatic N) is 1. The van der Waals surface area contributed by atoms with Gasteiger partial charge in [-0.3, -0.25) is 4.79 Å². The van der Waals surface area contributed by atoms with Gasteiger partial charge in [-0.15, -0.1) is 11.8 Å². The first-order valence-corrected chi connectivity index (χ1v) is 8.06. The molecule has 1 amide bonds. The number of aliphatic carboxylic acids is 2. The van der Waals surface area contributed by atoms with Crippen LogP contribution in [0.5, 0.6) is 0 Å². The lowest BCUT2D eigenvalue weighted by Crippen LogP contribution is -2.47. The minimum absolute atomic E-state index is 0.0741. The Bertz CT molecular complexity index is 591. The second-order valence-electron chi connectivity index (χ2n) is 5.24. The van der Waals surface area contributed by atoms with E-state index in [-0.39, 0.29) is 24.2 Å². The molecule has 1 atom stereocenters. The van der Waals surface area contributed by atoms with Gasteiger partial charge in [-0.1, -0.05) is 30.3 Å². The third-order valence-electron chi connectivity index (χ3n) is 3.70. The minimum Gasteiger partial charge on any atom is -0.479 e. The van der Waals surface area contributed by atoms with Gasteiger partial charge in [0, 0.05) is 6.54 Å². The minimum atomic E-state index is -2.82. The maximum atomic E-state index is 12.0. The smallest absolute Gasteiger partial charge is 0.347 e. The second kappa shape index (κ2) is 7.01. The molecule has 2 rings (SSSR count). The van der Waals surface area contributed by atoms with Gasteiger partial charge in [0.2, 0.25) is 5.91 Å². The van der Waals surface area contributed by atoms with Gasteiger partial charge in [-0.2, -0.15) is 0 Å². The Morgan fingerprint density at radius 1 is 1.22 bits per heavy atom. The SMILES string of the molecule is O=C1CSC(c2ccccc2)N1CCCC(O)(C(=O)O)C(=O)O. The predicted molar refractivity (Wildman–Crippen MR) is 82.8 cm³/mol. The van der Waals surface area contributed by atoms with Crippen molar-refractivity contribution < 1.29 is 29.7 Å². The highest BCUT2D eigenvalue weighted by Gasteiger charge is 2.44. The van der Waals surface area contributed by atoms with Crippen LogP contribution in [0.4, 0.5) is 0 Å². The molecule has 0 radical (unpaired) electrons. The quantitative estimate of drug-likeness (QED) is 0.633. The summed E-state index contributed by atoms with van der Waals surface area (Å²) in [5, 5.41) is 27.2. The summed E-state index contributed by atoms with van der Waals surface area (Å²) < 4.78 is 0. The van der Waals surface area contributed by atoms with Gasteiger partial charge in [-0.05, 0) is 18.4 Å². The largest absolute Gasteiger partial charge is 0.479 e. The highest BCUT2D eigenvalue weighted by Crippen LogP contribution is 2.38. The average molecular weight is 339 g/mol. The summed E-state index contributed by atoms with van der Waals surface area (Å²) in [6, 6.07) is 9.40. The molecule has 0 aliphatic carbocycles. The number of carboxylic acids is 2. The lowest BCUT2D eigenvalue weighted by molar-refractivity contribution is -0.176. The fourth-order valence-electron chi connectivity index (χ4n) is 2.40. The average Bonchev–Trinajstić information content (AvgIpc) is 2.89. The van der Waals surface area contributed by atoms with Crippen molar-refractivity contribution in [2.45, 2.75) is 23.8 Å². The van der Waals surface area contributed by atoms with Crippen molar-refractivity contribution in [1.29, 1.82) is 0 Å². The van der Waals surface area contributed by atoms with Crippen LogP contribution in [-0.4, -0.2) is 56.0 Å². The standard InChI is InChI=1S/C15H17NO6S/c17-11-9-23-12(10-5-2-1-3-6-10)16(11)8-4-7-15(22,13(18)19)14(20)21/h1-3,5-6,12,22H,4,7-9H2,(H,18,19)(H,20,21). The third-order valence-corrected chi connectivity index (χ3v) is 4.95. The van der Waals surface area contributed by atoms with Crippen LogP contribution in [0.1, 0.15) is 23.8 Å². The molecule has 1 fully saturated rings. The van der Waals surface area contributed by atoms with E-state index in [2.05, 4.69) is 0 Å². The predicted octanol–water partition coefficient (Wildman–Crippen LogP) is 0.941. The molecule has 0 saturated carbocycles. The van der Waals surface area contributed by atoms with E-state index in [4.69, 9.17) is 10.2 Å². The summed E-state index contributed by atoms with van der Waals surface area (Å²) in [5.74, 6) is -3.36. The summed E-state index contributed by atoms with van der Waals surface area (Å²) in [6.45, 7) is 0.189. The Kier molecular flexibility index (Phi) is 5.27. The second-order valence-corrected chi connectivity index (χ2v) is 6.30. The summed E-state index contributed by atoms with van der Waals surface area (Å²) in [5.41, 5.74) is -1.87. The molecular weight excluding hydrogens is 322 g/mol. The van der Waals surface area contributed by atoms with Crippen LogP contribution in [0.3, 0.4) is 0 Å². The topological polar surface area (TPSA) is 115 Å². The maximum Gasteiger partial charge on any atom is 0.347 e. The van der Waals surface area contributed by atoms with E-state index in [0.29, 0.717) is 5.75 Å². The van der Waals surface area contributed by atoms with Crippen LogP contribution in [0.15, 0.2) is 30.3 Å².